The van der Waals surface area contributed by atoms with E-state index in [1.807, 2.05) is 6.07 Å². The van der Waals surface area contributed by atoms with E-state index in [1.165, 1.54) is 23.5 Å². The molecule has 2 amide bonds. The van der Waals surface area contributed by atoms with Crippen LogP contribution in [0.15, 0.2) is 48.0 Å². The Kier molecular flexibility index (Phi) is 5.59. The molecule has 33 heavy (non-hydrogen) atoms. The van der Waals surface area contributed by atoms with Crippen molar-refractivity contribution in [1.82, 2.24) is 15.6 Å². The number of ether oxygens (including phenoxy) is 1. The summed E-state index contributed by atoms with van der Waals surface area (Å²) in [6, 6.07) is 10.8. The Morgan fingerprint density at radius 2 is 2.06 bits per heavy atom. The minimum Gasteiger partial charge on any atom is -0.508 e. The number of thiazole rings is 1. The van der Waals surface area contributed by atoms with E-state index in [0.717, 1.165) is 16.7 Å². The van der Waals surface area contributed by atoms with Gasteiger partial charge in [0.05, 0.1) is 21.8 Å². The Morgan fingerprint density at radius 3 is 2.88 bits per heavy atom. The van der Waals surface area contributed by atoms with Gasteiger partial charge in [-0.2, -0.15) is 0 Å². The predicted octanol–water partition coefficient (Wildman–Crippen LogP) is 2.35. The molecule has 1 saturated heterocycles. The lowest BCUT2D eigenvalue weighted by Crippen LogP contribution is -2.60. The summed E-state index contributed by atoms with van der Waals surface area (Å²) in [6.45, 7) is -0.00636. The van der Waals surface area contributed by atoms with Gasteiger partial charge in [0, 0.05) is 12.0 Å². The number of ketones is 1. The molecule has 1 aliphatic heterocycles. The third-order valence-electron chi connectivity index (χ3n) is 6.44. The molecule has 2 fully saturated rings. The van der Waals surface area contributed by atoms with Crippen molar-refractivity contribution in [2.24, 2.45) is 0 Å². The van der Waals surface area contributed by atoms with Gasteiger partial charge < -0.3 is 20.5 Å². The molecule has 0 radical (unpaired) electrons. The molecule has 170 valence electrons. The SMILES string of the molecule is O=C(NC(Cc1ccc(O)cc1)C(=O)NC12CCCC1OCC2=O)c1ccc2scnc2c1. The molecule has 3 aromatic rings. The van der Waals surface area contributed by atoms with Gasteiger partial charge in [-0.1, -0.05) is 12.1 Å². The Morgan fingerprint density at radius 1 is 1.24 bits per heavy atom. The van der Waals surface area contributed by atoms with Crippen LogP contribution in [0, 0.1) is 0 Å². The monoisotopic (exact) mass is 465 g/mol. The Bertz CT molecular complexity index is 1220. The van der Waals surface area contributed by atoms with Crippen LogP contribution in [-0.4, -0.2) is 52.0 Å². The number of amides is 2. The Hall–Kier alpha value is -3.30. The zero-order chi connectivity index (χ0) is 23.0. The first-order valence-electron chi connectivity index (χ1n) is 10.8. The largest absolute Gasteiger partial charge is 0.508 e. The Labute approximate surface area is 194 Å². The smallest absolute Gasteiger partial charge is 0.252 e. The second-order valence-corrected chi connectivity index (χ2v) is 9.39. The second kappa shape index (κ2) is 8.57. The van der Waals surface area contributed by atoms with Crippen molar-refractivity contribution in [1.29, 1.82) is 0 Å². The molecular formula is C24H23N3O5S. The normalized spacial score (nSPS) is 22.8. The number of phenols is 1. The number of hydrogen-bond donors (Lipinski definition) is 3. The molecule has 0 spiro atoms. The van der Waals surface area contributed by atoms with Gasteiger partial charge in [-0.25, -0.2) is 4.98 Å². The Balaban J connectivity index is 1.39. The summed E-state index contributed by atoms with van der Waals surface area (Å²) >= 11 is 1.48. The topological polar surface area (TPSA) is 118 Å². The zero-order valence-electron chi connectivity index (χ0n) is 17.7. The molecule has 1 saturated carbocycles. The van der Waals surface area contributed by atoms with Crippen LogP contribution in [0.1, 0.15) is 35.2 Å². The summed E-state index contributed by atoms with van der Waals surface area (Å²) in [5, 5.41) is 15.3. The van der Waals surface area contributed by atoms with Gasteiger partial charge in [0.15, 0.2) is 5.78 Å². The first-order chi connectivity index (χ1) is 15.9. The maximum absolute atomic E-state index is 13.4. The highest BCUT2D eigenvalue weighted by Gasteiger charge is 2.55. The molecule has 2 heterocycles. The summed E-state index contributed by atoms with van der Waals surface area (Å²) in [6.07, 6.45) is 1.91. The van der Waals surface area contributed by atoms with Gasteiger partial charge in [-0.15, -0.1) is 11.3 Å². The van der Waals surface area contributed by atoms with Crippen LogP contribution in [0.25, 0.3) is 10.2 Å². The van der Waals surface area contributed by atoms with Crippen molar-refractivity contribution in [2.45, 2.75) is 43.4 Å². The molecule has 9 heteroatoms. The number of carbonyl (C=O) groups excluding carboxylic acids is 3. The highest BCUT2D eigenvalue weighted by Crippen LogP contribution is 2.37. The van der Waals surface area contributed by atoms with Gasteiger partial charge in [0.25, 0.3) is 5.91 Å². The van der Waals surface area contributed by atoms with E-state index in [2.05, 4.69) is 15.6 Å². The molecule has 3 atom stereocenters. The number of aromatic hydroxyl groups is 1. The quantitative estimate of drug-likeness (QED) is 0.514. The van der Waals surface area contributed by atoms with Gasteiger partial charge in [0.2, 0.25) is 5.91 Å². The first-order valence-corrected chi connectivity index (χ1v) is 11.7. The van der Waals surface area contributed by atoms with Crippen LogP contribution in [0.4, 0.5) is 0 Å². The van der Waals surface area contributed by atoms with Crippen LogP contribution in [0.3, 0.4) is 0 Å². The number of fused-ring (bicyclic) bond motifs is 2. The number of carbonyl (C=O) groups is 3. The molecule has 0 bridgehead atoms. The van der Waals surface area contributed by atoms with Crippen LogP contribution in [0.5, 0.6) is 5.75 Å². The second-order valence-electron chi connectivity index (χ2n) is 8.51. The molecule has 2 aliphatic rings. The van der Waals surface area contributed by atoms with Crippen molar-refractivity contribution in [2.75, 3.05) is 6.61 Å². The number of hydrogen-bond acceptors (Lipinski definition) is 7. The maximum atomic E-state index is 13.4. The first kappa shape index (κ1) is 21.5. The number of nitrogens with one attached hydrogen (secondary N) is 2. The fourth-order valence-electron chi connectivity index (χ4n) is 4.66. The van der Waals surface area contributed by atoms with Crippen molar-refractivity contribution in [3.63, 3.8) is 0 Å². The number of aromatic nitrogens is 1. The fraction of sp³-hybridized carbons (Fsp3) is 0.333. The summed E-state index contributed by atoms with van der Waals surface area (Å²) in [5.41, 5.74) is 2.57. The van der Waals surface area contributed by atoms with Gasteiger partial charge in [-0.05, 0) is 55.2 Å². The third-order valence-corrected chi connectivity index (χ3v) is 7.25. The van der Waals surface area contributed by atoms with E-state index >= 15 is 0 Å². The molecule has 1 aliphatic carbocycles. The van der Waals surface area contributed by atoms with Crippen molar-refractivity contribution in [3.05, 3.63) is 59.1 Å². The van der Waals surface area contributed by atoms with Crippen molar-refractivity contribution >= 4 is 39.2 Å². The van der Waals surface area contributed by atoms with Crippen molar-refractivity contribution in [3.8, 4) is 5.75 Å². The van der Waals surface area contributed by atoms with E-state index in [0.29, 0.717) is 23.9 Å². The number of Topliss-reactive ketones (excluding diaryl/α,β-unsaturated/α-hetero) is 1. The molecule has 8 nitrogen and oxygen atoms in total. The summed E-state index contributed by atoms with van der Waals surface area (Å²) < 4.78 is 6.57. The fourth-order valence-corrected chi connectivity index (χ4v) is 5.32. The highest BCUT2D eigenvalue weighted by atomic mass is 32.1. The minimum atomic E-state index is -1.02. The number of nitrogens with zero attached hydrogens (tertiary/aromatic N) is 1. The minimum absolute atomic E-state index is 0.00636. The maximum Gasteiger partial charge on any atom is 0.252 e. The van der Waals surface area contributed by atoms with E-state index in [9.17, 15) is 19.5 Å². The molecule has 3 unspecified atom stereocenters. The summed E-state index contributed by atoms with van der Waals surface area (Å²) in [5.74, 6) is -0.848. The average Bonchev–Trinajstić information content (AvgIpc) is 3.51. The average molecular weight is 466 g/mol. The van der Waals surface area contributed by atoms with Crippen molar-refractivity contribution < 1.29 is 24.2 Å². The van der Waals surface area contributed by atoms with Crippen LogP contribution in [0.2, 0.25) is 0 Å². The van der Waals surface area contributed by atoms with E-state index < -0.39 is 23.4 Å². The van der Waals surface area contributed by atoms with Gasteiger partial charge in [-0.3, -0.25) is 14.4 Å². The van der Waals surface area contributed by atoms with Crippen LogP contribution in [-0.2, 0) is 20.7 Å². The predicted molar refractivity (Wildman–Crippen MR) is 122 cm³/mol. The highest BCUT2D eigenvalue weighted by molar-refractivity contribution is 7.16. The third kappa shape index (κ3) is 4.09. The number of rotatable bonds is 6. The summed E-state index contributed by atoms with van der Waals surface area (Å²) in [7, 11) is 0. The van der Waals surface area contributed by atoms with Gasteiger partial charge in [0.1, 0.15) is 23.9 Å². The van der Waals surface area contributed by atoms with E-state index in [4.69, 9.17) is 4.74 Å². The summed E-state index contributed by atoms with van der Waals surface area (Å²) in [4.78, 5) is 43.3. The zero-order valence-corrected chi connectivity index (χ0v) is 18.6. The molecule has 5 rings (SSSR count). The standard InChI is InChI=1S/C24H23N3O5S/c28-16-6-3-14(4-7-16)10-18(23(31)27-24-9-1-2-21(24)32-12-20(24)29)26-22(30)15-5-8-19-17(11-15)25-13-33-19/h3-8,11,13,18,21,28H,1-2,9-10,12H2,(H,26,30)(H,27,31). The molecule has 2 aromatic carbocycles. The van der Waals surface area contributed by atoms with E-state index in [1.54, 1.807) is 29.8 Å². The lowest BCUT2D eigenvalue weighted by molar-refractivity contribution is -0.131. The van der Waals surface area contributed by atoms with Crippen LogP contribution < -0.4 is 10.6 Å². The van der Waals surface area contributed by atoms with Crippen LogP contribution >= 0.6 is 11.3 Å². The molecule has 3 N–H and O–H groups in total. The lowest BCUT2D eigenvalue weighted by atomic mass is 9.91. The molecule has 1 aromatic heterocycles. The number of phenolic OH excluding ortho intramolecular Hbond substituents is 1. The lowest BCUT2D eigenvalue weighted by Gasteiger charge is -2.30. The molecular weight excluding hydrogens is 442 g/mol. The van der Waals surface area contributed by atoms with E-state index in [-0.39, 0.29) is 30.7 Å². The van der Waals surface area contributed by atoms with Gasteiger partial charge >= 0.3 is 0 Å². The number of benzene rings is 2.